The maximum Gasteiger partial charge on any atom is 0.350 e. The molecule has 2 heterocycles. The first-order valence-electron chi connectivity index (χ1n) is 14.2. The number of rotatable bonds is 6. The number of piperidine rings is 1. The molecule has 41 heavy (non-hydrogen) atoms. The van der Waals surface area contributed by atoms with E-state index in [9.17, 15) is 23.9 Å². The van der Waals surface area contributed by atoms with E-state index in [1.807, 2.05) is 71.6 Å². The normalized spacial score (nSPS) is 22.2. The minimum Gasteiger partial charge on any atom is -0.323 e. The van der Waals surface area contributed by atoms with Crippen LogP contribution in [0.5, 0.6) is 0 Å². The third kappa shape index (κ3) is 5.62. The molecule has 3 aromatic carbocycles. The third-order valence-corrected chi connectivity index (χ3v) is 9.63. The number of anilines is 2. The molecular formula is C31H35N4O5P. The van der Waals surface area contributed by atoms with Gasteiger partial charge in [-0.1, -0.05) is 66.7 Å². The van der Waals surface area contributed by atoms with Gasteiger partial charge in [0.05, 0.1) is 23.5 Å². The number of para-hydroxylation sites is 2. The first-order chi connectivity index (χ1) is 19.8. The van der Waals surface area contributed by atoms with Crippen LogP contribution in [0.3, 0.4) is 0 Å². The van der Waals surface area contributed by atoms with E-state index in [0.717, 1.165) is 24.8 Å². The zero-order valence-electron chi connectivity index (χ0n) is 22.8. The number of amides is 4. The van der Waals surface area contributed by atoms with Gasteiger partial charge in [-0.15, -0.1) is 0 Å². The zero-order chi connectivity index (χ0) is 28.6. The van der Waals surface area contributed by atoms with E-state index in [1.165, 1.54) is 9.80 Å². The van der Waals surface area contributed by atoms with Crippen molar-refractivity contribution < 1.29 is 23.9 Å². The average Bonchev–Trinajstić information content (AvgIpc) is 3.81. The van der Waals surface area contributed by atoms with Gasteiger partial charge in [0.25, 0.3) is 0 Å². The molecule has 0 radical (unpaired) electrons. The summed E-state index contributed by atoms with van der Waals surface area (Å²) in [6.07, 6.45) is 3.65. The quantitative estimate of drug-likeness (QED) is 0.364. The van der Waals surface area contributed by atoms with Crippen molar-refractivity contribution in [1.29, 1.82) is 0 Å². The Labute approximate surface area is 240 Å². The van der Waals surface area contributed by atoms with Crippen LogP contribution in [0.25, 0.3) is 0 Å². The van der Waals surface area contributed by atoms with E-state index in [0.29, 0.717) is 30.8 Å². The SMILES string of the molecule is O=C(N(c1ccccc1)c1ccccc1)N1C[C@@H]2CCC[C@H]([C@H]1P(=O)(O)O)N2C(=O)N(Cc1ccccc1)C1CC1. The second-order valence-electron chi connectivity index (χ2n) is 11.1. The zero-order valence-corrected chi connectivity index (χ0v) is 23.7. The molecule has 3 aliphatic rings. The number of piperazine rings is 1. The Morgan fingerprint density at radius 1 is 0.780 bits per heavy atom. The molecule has 4 amide bonds. The Bertz CT molecular complexity index is 1380. The maximum atomic E-state index is 14.4. The molecule has 214 valence electrons. The van der Waals surface area contributed by atoms with E-state index in [-0.39, 0.29) is 24.7 Å². The molecule has 3 atom stereocenters. The van der Waals surface area contributed by atoms with Gasteiger partial charge in [0.2, 0.25) is 0 Å². The predicted molar refractivity (Wildman–Crippen MR) is 157 cm³/mol. The van der Waals surface area contributed by atoms with Gasteiger partial charge < -0.3 is 24.5 Å². The fourth-order valence-corrected chi connectivity index (χ4v) is 7.64. The number of carbonyl (C=O) groups excluding carboxylic acids is 2. The second-order valence-corrected chi connectivity index (χ2v) is 12.8. The maximum absolute atomic E-state index is 14.4. The summed E-state index contributed by atoms with van der Waals surface area (Å²) < 4.78 is 13.2. The Balaban J connectivity index is 1.35. The lowest BCUT2D eigenvalue weighted by Gasteiger charge is -2.55. The van der Waals surface area contributed by atoms with Gasteiger partial charge in [-0.2, -0.15) is 0 Å². The van der Waals surface area contributed by atoms with Gasteiger partial charge in [0, 0.05) is 19.1 Å². The lowest BCUT2D eigenvalue weighted by molar-refractivity contribution is 0.00170. The lowest BCUT2D eigenvalue weighted by Crippen LogP contribution is -2.70. The van der Waals surface area contributed by atoms with E-state index in [2.05, 4.69) is 0 Å². The molecule has 6 rings (SSSR count). The topological polar surface area (TPSA) is 105 Å². The number of likely N-dealkylation sites (tertiary alicyclic amines) is 1. The highest BCUT2D eigenvalue weighted by Gasteiger charge is 2.56. The Hall–Kier alpha value is -3.65. The summed E-state index contributed by atoms with van der Waals surface area (Å²) in [6, 6.07) is 26.3. The van der Waals surface area contributed by atoms with Crippen molar-refractivity contribution in [2.24, 2.45) is 0 Å². The lowest BCUT2D eigenvalue weighted by atomic mass is 9.91. The van der Waals surface area contributed by atoms with E-state index >= 15 is 0 Å². The molecule has 2 saturated heterocycles. The smallest absolute Gasteiger partial charge is 0.323 e. The van der Waals surface area contributed by atoms with Crippen LogP contribution in [0.4, 0.5) is 21.0 Å². The molecule has 3 aromatic rings. The number of carbonyl (C=O) groups is 2. The molecule has 1 aliphatic carbocycles. The molecule has 2 N–H and O–H groups in total. The number of nitrogens with zero attached hydrogens (tertiary/aromatic N) is 4. The summed E-state index contributed by atoms with van der Waals surface area (Å²) >= 11 is 0. The molecule has 0 unspecified atom stereocenters. The molecule has 3 fully saturated rings. The Morgan fingerprint density at radius 2 is 1.34 bits per heavy atom. The monoisotopic (exact) mass is 574 g/mol. The van der Waals surface area contributed by atoms with Crippen LogP contribution in [0.15, 0.2) is 91.0 Å². The summed E-state index contributed by atoms with van der Waals surface area (Å²) in [5.74, 6) is -1.44. The highest BCUT2D eigenvalue weighted by Crippen LogP contribution is 2.52. The standard InChI is InChI=1S/C31H35N4O5P/c36-30(32(24-19-20-24)21-23-11-4-1-5-12-23)35-27-17-10-18-28(35)29(41(38,39)40)33(22-27)31(37)34(25-13-6-2-7-14-25)26-15-8-3-9-16-26/h1-9,11-16,24,27-29H,10,17-22H2,(H2,38,39,40)/t27-,28+,29+/m0/s1. The molecule has 2 bridgehead atoms. The Morgan fingerprint density at radius 3 is 1.88 bits per heavy atom. The molecule has 0 spiro atoms. The van der Waals surface area contributed by atoms with Crippen LogP contribution >= 0.6 is 7.60 Å². The van der Waals surface area contributed by atoms with Crippen molar-refractivity contribution in [3.63, 3.8) is 0 Å². The fraction of sp³-hybridized carbons (Fsp3) is 0.355. The van der Waals surface area contributed by atoms with Crippen molar-refractivity contribution in [3.05, 3.63) is 96.6 Å². The van der Waals surface area contributed by atoms with Gasteiger partial charge in [-0.3, -0.25) is 9.46 Å². The molecule has 10 heteroatoms. The first-order valence-corrected chi connectivity index (χ1v) is 15.9. The third-order valence-electron chi connectivity index (χ3n) is 8.32. The summed E-state index contributed by atoms with van der Waals surface area (Å²) in [5.41, 5.74) is 2.21. The van der Waals surface area contributed by atoms with Crippen molar-refractivity contribution in [3.8, 4) is 0 Å². The molecule has 1 saturated carbocycles. The first kappa shape index (κ1) is 27.5. The summed E-state index contributed by atoms with van der Waals surface area (Å²) in [5, 5.41) is 0. The van der Waals surface area contributed by atoms with Crippen LogP contribution in [-0.2, 0) is 11.1 Å². The Kier molecular flexibility index (Phi) is 7.60. The number of benzene rings is 3. The van der Waals surface area contributed by atoms with Crippen LogP contribution in [0.2, 0.25) is 0 Å². The largest absolute Gasteiger partial charge is 0.350 e. The van der Waals surface area contributed by atoms with E-state index in [4.69, 9.17) is 0 Å². The number of hydrogen-bond acceptors (Lipinski definition) is 3. The minimum absolute atomic E-state index is 0.0524. The fourth-order valence-electron chi connectivity index (χ4n) is 6.34. The van der Waals surface area contributed by atoms with Gasteiger partial charge in [0.15, 0.2) is 5.78 Å². The van der Waals surface area contributed by atoms with Crippen LogP contribution in [0, 0.1) is 0 Å². The van der Waals surface area contributed by atoms with Crippen molar-refractivity contribution >= 4 is 31.0 Å². The van der Waals surface area contributed by atoms with Gasteiger partial charge >= 0.3 is 19.7 Å². The molecule has 2 aliphatic heterocycles. The van der Waals surface area contributed by atoms with Crippen LogP contribution in [-0.4, -0.2) is 67.0 Å². The van der Waals surface area contributed by atoms with Crippen molar-refractivity contribution in [2.75, 3.05) is 11.4 Å². The average molecular weight is 575 g/mol. The highest BCUT2D eigenvalue weighted by molar-refractivity contribution is 7.52. The number of hydrogen-bond donors (Lipinski definition) is 2. The minimum atomic E-state index is -4.86. The molecular weight excluding hydrogens is 539 g/mol. The van der Waals surface area contributed by atoms with Gasteiger partial charge in [-0.25, -0.2) is 9.59 Å². The van der Waals surface area contributed by atoms with Crippen LogP contribution < -0.4 is 4.90 Å². The summed E-state index contributed by atoms with van der Waals surface area (Å²) in [7, 11) is -4.86. The van der Waals surface area contributed by atoms with E-state index in [1.54, 1.807) is 29.2 Å². The summed E-state index contributed by atoms with van der Waals surface area (Å²) in [4.78, 5) is 56.4. The van der Waals surface area contributed by atoms with Crippen molar-refractivity contribution in [1.82, 2.24) is 14.7 Å². The second kappa shape index (κ2) is 11.3. The van der Waals surface area contributed by atoms with E-state index < -0.39 is 25.5 Å². The number of urea groups is 2. The molecule has 9 nitrogen and oxygen atoms in total. The summed E-state index contributed by atoms with van der Waals surface area (Å²) in [6.45, 7) is 0.496. The van der Waals surface area contributed by atoms with Gasteiger partial charge in [0.1, 0.15) is 0 Å². The predicted octanol–water partition coefficient (Wildman–Crippen LogP) is 5.77. The highest BCUT2D eigenvalue weighted by atomic mass is 31.2. The van der Waals surface area contributed by atoms with Gasteiger partial charge in [-0.05, 0) is 61.9 Å². The molecule has 0 aromatic heterocycles. The van der Waals surface area contributed by atoms with Crippen molar-refractivity contribution in [2.45, 2.75) is 62.6 Å². The number of fused-ring (bicyclic) bond motifs is 2. The van der Waals surface area contributed by atoms with Crippen LogP contribution in [0.1, 0.15) is 37.7 Å².